The first kappa shape index (κ1) is 21.7. The van der Waals surface area contributed by atoms with E-state index >= 15 is 0 Å². The second-order valence-corrected chi connectivity index (χ2v) is 7.98. The Morgan fingerprint density at radius 3 is 2.57 bits per heavy atom. The molecule has 1 heterocycles. The van der Waals surface area contributed by atoms with E-state index in [-0.39, 0.29) is 30.4 Å². The summed E-state index contributed by atoms with van der Waals surface area (Å²) in [6, 6.07) is 10.5. The van der Waals surface area contributed by atoms with E-state index < -0.39 is 11.6 Å². The number of rotatable bonds is 5. The Morgan fingerprint density at radius 1 is 1.13 bits per heavy atom. The van der Waals surface area contributed by atoms with Crippen LogP contribution in [0.1, 0.15) is 54.1 Å². The Kier molecular flexibility index (Phi) is 7.03. The molecule has 2 aromatic carbocycles. The maximum absolute atomic E-state index is 13.3. The van der Waals surface area contributed by atoms with Crippen LogP contribution in [-0.4, -0.2) is 36.0 Å². The van der Waals surface area contributed by atoms with Crippen LogP contribution in [0.5, 0.6) is 0 Å². The quantitative estimate of drug-likeness (QED) is 0.769. The number of likely N-dealkylation sites (tertiary alicyclic amines) is 1. The summed E-state index contributed by atoms with van der Waals surface area (Å²) >= 11 is 0. The van der Waals surface area contributed by atoms with Crippen LogP contribution in [0.4, 0.5) is 13.6 Å². The molecule has 1 aliphatic rings. The van der Waals surface area contributed by atoms with Gasteiger partial charge in [-0.2, -0.15) is 0 Å². The van der Waals surface area contributed by atoms with Crippen LogP contribution in [0.15, 0.2) is 42.5 Å². The second kappa shape index (κ2) is 9.69. The van der Waals surface area contributed by atoms with Gasteiger partial charge >= 0.3 is 6.03 Å². The summed E-state index contributed by atoms with van der Waals surface area (Å²) in [5.74, 6) is -1.51. The van der Waals surface area contributed by atoms with Crippen LogP contribution >= 0.6 is 0 Å². The van der Waals surface area contributed by atoms with E-state index in [2.05, 4.69) is 10.6 Å². The second-order valence-electron chi connectivity index (χ2n) is 7.98. The van der Waals surface area contributed by atoms with Gasteiger partial charge in [-0.15, -0.1) is 0 Å². The number of amides is 3. The smallest absolute Gasteiger partial charge is 0.317 e. The molecule has 1 aliphatic heterocycles. The molecule has 0 aliphatic carbocycles. The fraction of sp³-hybridized carbons (Fsp3) is 0.391. The van der Waals surface area contributed by atoms with Gasteiger partial charge in [-0.25, -0.2) is 13.6 Å². The zero-order chi connectivity index (χ0) is 21.7. The highest BCUT2D eigenvalue weighted by Gasteiger charge is 2.25. The van der Waals surface area contributed by atoms with Crippen LogP contribution < -0.4 is 10.6 Å². The number of hydrogen-bond donors (Lipinski definition) is 2. The maximum Gasteiger partial charge on any atom is 0.317 e. The van der Waals surface area contributed by atoms with Crippen LogP contribution in [0.2, 0.25) is 0 Å². The van der Waals surface area contributed by atoms with E-state index in [4.69, 9.17) is 0 Å². The molecule has 0 saturated carbocycles. The van der Waals surface area contributed by atoms with Gasteiger partial charge in [-0.1, -0.05) is 12.1 Å². The zero-order valence-corrected chi connectivity index (χ0v) is 17.3. The highest BCUT2D eigenvalue weighted by Crippen LogP contribution is 2.27. The Labute approximate surface area is 175 Å². The van der Waals surface area contributed by atoms with Crippen molar-refractivity contribution < 1.29 is 18.4 Å². The van der Waals surface area contributed by atoms with Crippen LogP contribution in [0.25, 0.3) is 0 Å². The van der Waals surface area contributed by atoms with Gasteiger partial charge in [0, 0.05) is 43.2 Å². The minimum absolute atomic E-state index is 0.0321. The third-order valence-corrected chi connectivity index (χ3v) is 5.12. The third-order valence-electron chi connectivity index (χ3n) is 5.12. The van der Waals surface area contributed by atoms with E-state index in [1.165, 1.54) is 12.1 Å². The van der Waals surface area contributed by atoms with Crippen LogP contribution in [0.3, 0.4) is 0 Å². The molecule has 1 fully saturated rings. The van der Waals surface area contributed by atoms with Crippen molar-refractivity contribution >= 4 is 11.9 Å². The average Bonchev–Trinajstić information content (AvgIpc) is 2.71. The molecule has 0 bridgehead atoms. The molecule has 0 unspecified atom stereocenters. The first-order chi connectivity index (χ1) is 14.3. The minimum atomic E-state index is -0.676. The predicted molar refractivity (Wildman–Crippen MR) is 111 cm³/mol. The lowest BCUT2D eigenvalue weighted by Crippen LogP contribution is -2.47. The Bertz CT molecular complexity index is 897. The van der Waals surface area contributed by atoms with E-state index in [1.54, 1.807) is 6.07 Å². The van der Waals surface area contributed by atoms with Gasteiger partial charge in [0.05, 0.1) is 0 Å². The molecule has 5 nitrogen and oxygen atoms in total. The number of piperidine rings is 1. The highest BCUT2D eigenvalue weighted by atomic mass is 19.1. The number of carbonyl (C=O) groups is 2. The van der Waals surface area contributed by atoms with Crippen molar-refractivity contribution in [3.63, 3.8) is 0 Å². The van der Waals surface area contributed by atoms with Crippen molar-refractivity contribution in [3.8, 4) is 0 Å². The van der Waals surface area contributed by atoms with Crippen LogP contribution in [-0.2, 0) is 6.54 Å². The molecule has 0 aromatic heterocycles. The normalized spacial score (nSPS) is 16.4. The molecule has 1 atom stereocenters. The van der Waals surface area contributed by atoms with E-state index in [9.17, 15) is 18.4 Å². The maximum atomic E-state index is 13.3. The zero-order valence-electron chi connectivity index (χ0n) is 17.3. The molecular weight excluding hydrogens is 388 g/mol. The summed E-state index contributed by atoms with van der Waals surface area (Å²) in [4.78, 5) is 26.7. The molecule has 7 heteroatoms. The molecule has 30 heavy (non-hydrogen) atoms. The number of urea groups is 1. The minimum Gasteiger partial charge on any atom is -0.348 e. The van der Waals surface area contributed by atoms with Gasteiger partial charge < -0.3 is 15.5 Å². The van der Waals surface area contributed by atoms with E-state index in [0.717, 1.165) is 31.0 Å². The number of halogens is 2. The standard InChI is InChI=1S/C23H27F2N3O2/c1-15(2)27-23(30)28-8-4-7-19(14-28)17-5-3-6-18(11-17)22(29)26-13-16-9-20(24)12-21(25)10-16/h3,5-6,9-12,15,19H,4,7-8,13-14H2,1-2H3,(H,26,29)(H,27,30)/t19-/m0/s1. The van der Waals surface area contributed by atoms with Crippen molar-refractivity contribution in [1.82, 2.24) is 15.5 Å². The molecule has 3 amide bonds. The Hall–Kier alpha value is -2.96. The van der Waals surface area contributed by atoms with Gasteiger partial charge in [0.2, 0.25) is 0 Å². The van der Waals surface area contributed by atoms with Gasteiger partial charge in [-0.05, 0) is 62.1 Å². The molecule has 160 valence electrons. The number of benzene rings is 2. The number of nitrogens with zero attached hydrogens (tertiary/aromatic N) is 1. The van der Waals surface area contributed by atoms with E-state index in [1.807, 2.05) is 36.9 Å². The molecule has 3 rings (SSSR count). The Balaban J connectivity index is 1.64. The topological polar surface area (TPSA) is 61.4 Å². The largest absolute Gasteiger partial charge is 0.348 e. The SMILES string of the molecule is CC(C)NC(=O)N1CCC[C@H](c2cccc(C(=O)NCc3cc(F)cc(F)c3)c2)C1. The number of hydrogen-bond acceptors (Lipinski definition) is 2. The molecule has 2 aromatic rings. The molecular formula is C23H27F2N3O2. The first-order valence-electron chi connectivity index (χ1n) is 10.2. The highest BCUT2D eigenvalue weighted by molar-refractivity contribution is 5.94. The lowest BCUT2D eigenvalue weighted by Gasteiger charge is -2.33. The van der Waals surface area contributed by atoms with Crippen molar-refractivity contribution in [2.75, 3.05) is 13.1 Å². The van der Waals surface area contributed by atoms with Crippen molar-refractivity contribution in [2.45, 2.75) is 45.2 Å². The summed E-state index contributed by atoms with van der Waals surface area (Å²) in [5, 5.41) is 5.63. The fourth-order valence-electron chi connectivity index (χ4n) is 3.70. The summed E-state index contributed by atoms with van der Waals surface area (Å²) in [5.41, 5.74) is 1.84. The van der Waals surface area contributed by atoms with Crippen molar-refractivity contribution in [2.24, 2.45) is 0 Å². The molecule has 0 radical (unpaired) electrons. The monoisotopic (exact) mass is 415 g/mol. The van der Waals surface area contributed by atoms with Crippen LogP contribution in [0, 0.1) is 11.6 Å². The van der Waals surface area contributed by atoms with E-state index in [0.29, 0.717) is 17.7 Å². The molecule has 0 spiro atoms. The number of nitrogens with one attached hydrogen (secondary N) is 2. The Morgan fingerprint density at radius 2 is 1.87 bits per heavy atom. The predicted octanol–water partition coefficient (Wildman–Crippen LogP) is 4.19. The average molecular weight is 415 g/mol. The number of carbonyl (C=O) groups excluding carboxylic acids is 2. The summed E-state index contributed by atoms with van der Waals surface area (Å²) in [7, 11) is 0. The molecule has 2 N–H and O–H groups in total. The molecule has 1 saturated heterocycles. The van der Waals surface area contributed by atoms with Crippen molar-refractivity contribution in [1.29, 1.82) is 0 Å². The van der Waals surface area contributed by atoms with Gasteiger partial charge in [0.1, 0.15) is 11.6 Å². The fourth-order valence-corrected chi connectivity index (χ4v) is 3.70. The summed E-state index contributed by atoms with van der Waals surface area (Å²) < 4.78 is 26.6. The van der Waals surface area contributed by atoms with Gasteiger partial charge in [-0.3, -0.25) is 4.79 Å². The lowest BCUT2D eigenvalue weighted by molar-refractivity contribution is 0.0950. The summed E-state index contributed by atoms with van der Waals surface area (Å²) in [6.07, 6.45) is 1.84. The lowest BCUT2D eigenvalue weighted by atomic mass is 9.89. The van der Waals surface area contributed by atoms with Crippen molar-refractivity contribution in [3.05, 3.63) is 70.8 Å². The summed E-state index contributed by atoms with van der Waals surface area (Å²) in [6.45, 7) is 5.22. The third kappa shape index (κ3) is 5.78. The first-order valence-corrected chi connectivity index (χ1v) is 10.2. The van der Waals surface area contributed by atoms with Gasteiger partial charge in [0.25, 0.3) is 5.91 Å². The van der Waals surface area contributed by atoms with Gasteiger partial charge in [0.15, 0.2) is 0 Å².